The van der Waals surface area contributed by atoms with E-state index in [2.05, 4.69) is 29.3 Å². The summed E-state index contributed by atoms with van der Waals surface area (Å²) in [7, 11) is 4.24. The molecule has 1 aliphatic carbocycles. The first-order chi connectivity index (χ1) is 16.3. The Labute approximate surface area is 222 Å². The van der Waals surface area contributed by atoms with E-state index < -0.39 is 0 Å². The maximum atomic E-state index is 12.8. The minimum absolute atomic E-state index is 0. The van der Waals surface area contributed by atoms with Crippen molar-refractivity contribution in [3.63, 3.8) is 0 Å². The summed E-state index contributed by atoms with van der Waals surface area (Å²) in [5.74, 6) is 0.575. The van der Waals surface area contributed by atoms with Gasteiger partial charge in [0, 0.05) is 30.8 Å². The summed E-state index contributed by atoms with van der Waals surface area (Å²) in [5, 5.41) is 13.9. The molecule has 1 aliphatic rings. The SMILES string of the molecule is CCC(=O)c1cnc2ccc(-c3cc(Cl)c(O)c(Cl)c3)nc2c1NC1CCC(CN(C)C)CC1.Cl. The number of fused-ring (bicyclic) bond motifs is 1. The zero-order chi connectivity index (χ0) is 24.4. The van der Waals surface area contributed by atoms with E-state index in [1.807, 2.05) is 19.1 Å². The normalized spacial score (nSPS) is 17.9. The Morgan fingerprint density at radius 3 is 2.40 bits per heavy atom. The van der Waals surface area contributed by atoms with Crippen LogP contribution in [0.15, 0.2) is 30.5 Å². The largest absolute Gasteiger partial charge is 0.505 e. The summed E-state index contributed by atoms with van der Waals surface area (Å²) in [6.07, 6.45) is 6.44. The van der Waals surface area contributed by atoms with Crippen molar-refractivity contribution in [1.82, 2.24) is 14.9 Å². The van der Waals surface area contributed by atoms with Crippen LogP contribution in [-0.4, -0.2) is 52.4 Å². The highest BCUT2D eigenvalue weighted by atomic mass is 35.5. The minimum Gasteiger partial charge on any atom is -0.505 e. The molecule has 0 bridgehead atoms. The average Bonchev–Trinajstić information content (AvgIpc) is 2.82. The Balaban J connectivity index is 0.00000342. The number of pyridine rings is 2. The number of hydrogen-bond acceptors (Lipinski definition) is 6. The number of ketones is 1. The minimum atomic E-state index is -0.155. The second-order valence-corrected chi connectivity index (χ2v) is 10.1. The average molecular weight is 538 g/mol. The van der Waals surface area contributed by atoms with Crippen molar-refractivity contribution in [3.05, 3.63) is 46.1 Å². The number of halogens is 3. The lowest BCUT2D eigenvalue weighted by atomic mass is 9.85. The molecule has 6 nitrogen and oxygen atoms in total. The molecule has 1 fully saturated rings. The molecule has 1 aromatic carbocycles. The van der Waals surface area contributed by atoms with Crippen LogP contribution >= 0.6 is 35.6 Å². The van der Waals surface area contributed by atoms with Gasteiger partial charge in [-0.2, -0.15) is 0 Å². The second kappa shape index (κ2) is 11.7. The first-order valence-corrected chi connectivity index (χ1v) is 12.4. The number of benzene rings is 1. The molecule has 0 amide bonds. The number of phenolic OH excluding ortho intramolecular Hbond substituents is 1. The number of carbonyl (C=O) groups excluding carboxylic acids is 1. The fourth-order valence-electron chi connectivity index (χ4n) is 4.70. The summed E-state index contributed by atoms with van der Waals surface area (Å²) in [6, 6.07) is 7.25. The van der Waals surface area contributed by atoms with Crippen LogP contribution in [0.3, 0.4) is 0 Å². The van der Waals surface area contributed by atoms with Gasteiger partial charge >= 0.3 is 0 Å². The van der Waals surface area contributed by atoms with E-state index in [0.29, 0.717) is 40.2 Å². The number of aromatic hydroxyl groups is 1. The maximum absolute atomic E-state index is 12.8. The Morgan fingerprint density at radius 2 is 1.80 bits per heavy atom. The fourth-order valence-corrected chi connectivity index (χ4v) is 5.19. The van der Waals surface area contributed by atoms with Crippen LogP contribution in [0, 0.1) is 5.92 Å². The fraction of sp³-hybridized carbons (Fsp3) is 0.423. The van der Waals surface area contributed by atoms with Crippen LogP contribution < -0.4 is 5.32 Å². The summed E-state index contributed by atoms with van der Waals surface area (Å²) in [6.45, 7) is 2.96. The first kappa shape index (κ1) is 27.5. The summed E-state index contributed by atoms with van der Waals surface area (Å²) in [4.78, 5) is 24.4. The van der Waals surface area contributed by atoms with Gasteiger partial charge in [0.15, 0.2) is 11.5 Å². The Morgan fingerprint density at radius 1 is 1.14 bits per heavy atom. The van der Waals surface area contributed by atoms with Gasteiger partial charge in [0.05, 0.1) is 32.5 Å². The van der Waals surface area contributed by atoms with E-state index >= 15 is 0 Å². The molecule has 0 radical (unpaired) electrons. The van der Waals surface area contributed by atoms with Gasteiger partial charge < -0.3 is 15.3 Å². The Bertz CT molecular complexity index is 1190. The van der Waals surface area contributed by atoms with Crippen molar-refractivity contribution in [2.24, 2.45) is 5.92 Å². The number of phenols is 1. The van der Waals surface area contributed by atoms with E-state index in [0.717, 1.165) is 37.9 Å². The molecule has 0 aliphatic heterocycles. The number of nitrogens with one attached hydrogen (secondary N) is 1. The lowest BCUT2D eigenvalue weighted by Gasteiger charge is -2.31. The lowest BCUT2D eigenvalue weighted by molar-refractivity contribution is 0.0988. The van der Waals surface area contributed by atoms with Crippen molar-refractivity contribution in [1.29, 1.82) is 0 Å². The molecule has 3 aromatic rings. The second-order valence-electron chi connectivity index (χ2n) is 9.30. The summed E-state index contributed by atoms with van der Waals surface area (Å²) >= 11 is 12.3. The highest BCUT2D eigenvalue weighted by Crippen LogP contribution is 2.37. The van der Waals surface area contributed by atoms with Crippen LogP contribution in [0.2, 0.25) is 10.0 Å². The molecule has 35 heavy (non-hydrogen) atoms. The molecule has 0 atom stereocenters. The molecule has 1 saturated carbocycles. The third-order valence-electron chi connectivity index (χ3n) is 6.47. The molecule has 9 heteroatoms. The van der Waals surface area contributed by atoms with E-state index in [1.165, 1.54) is 0 Å². The van der Waals surface area contributed by atoms with Crippen molar-refractivity contribution in [2.75, 3.05) is 26.0 Å². The molecule has 4 rings (SSSR count). The van der Waals surface area contributed by atoms with Gasteiger partial charge in [0.1, 0.15) is 5.52 Å². The third-order valence-corrected chi connectivity index (χ3v) is 7.04. The predicted molar refractivity (Wildman–Crippen MR) is 146 cm³/mol. The molecule has 2 N–H and O–H groups in total. The van der Waals surface area contributed by atoms with Crippen LogP contribution in [-0.2, 0) is 0 Å². The number of anilines is 1. The number of hydrogen-bond donors (Lipinski definition) is 2. The molecule has 0 unspecified atom stereocenters. The summed E-state index contributed by atoms with van der Waals surface area (Å²) < 4.78 is 0. The maximum Gasteiger partial charge on any atom is 0.166 e. The Kier molecular flexibility index (Phi) is 9.22. The number of nitrogens with zero attached hydrogens (tertiary/aromatic N) is 3. The molecule has 2 heterocycles. The van der Waals surface area contributed by atoms with E-state index in [1.54, 1.807) is 18.3 Å². The molecule has 0 saturated heterocycles. The smallest absolute Gasteiger partial charge is 0.166 e. The highest BCUT2D eigenvalue weighted by Gasteiger charge is 2.24. The number of rotatable bonds is 7. The van der Waals surface area contributed by atoms with Gasteiger partial charge in [-0.05, 0) is 70.0 Å². The van der Waals surface area contributed by atoms with Crippen molar-refractivity contribution in [2.45, 2.75) is 45.1 Å². The Hall–Kier alpha value is -2.12. The van der Waals surface area contributed by atoms with Crippen molar-refractivity contribution < 1.29 is 9.90 Å². The van der Waals surface area contributed by atoms with Crippen LogP contribution in [0.5, 0.6) is 5.75 Å². The van der Waals surface area contributed by atoms with Gasteiger partial charge in [-0.3, -0.25) is 9.78 Å². The van der Waals surface area contributed by atoms with Crippen LogP contribution in [0.1, 0.15) is 49.4 Å². The zero-order valence-corrected chi connectivity index (χ0v) is 22.5. The first-order valence-electron chi connectivity index (χ1n) is 11.7. The third kappa shape index (κ3) is 6.18. The zero-order valence-electron chi connectivity index (χ0n) is 20.1. The molecule has 188 valence electrons. The van der Waals surface area contributed by atoms with Gasteiger partial charge in [-0.1, -0.05) is 30.1 Å². The molecular formula is C26H31Cl3N4O2. The predicted octanol–water partition coefficient (Wildman–Crippen LogP) is 6.86. The lowest BCUT2D eigenvalue weighted by Crippen LogP contribution is -2.31. The number of aromatic nitrogens is 2. The number of Topliss-reactive ketones (excluding diaryl/α,β-unsaturated/α-hetero) is 1. The molecule has 0 spiro atoms. The molecule has 2 aromatic heterocycles. The molecular weight excluding hydrogens is 507 g/mol. The summed E-state index contributed by atoms with van der Waals surface area (Å²) in [5.41, 5.74) is 3.97. The van der Waals surface area contributed by atoms with Gasteiger partial charge in [0.25, 0.3) is 0 Å². The van der Waals surface area contributed by atoms with Gasteiger partial charge in [-0.25, -0.2) is 4.98 Å². The van der Waals surface area contributed by atoms with Crippen LogP contribution in [0.25, 0.3) is 22.3 Å². The van der Waals surface area contributed by atoms with Crippen molar-refractivity contribution in [3.8, 4) is 17.0 Å². The van der Waals surface area contributed by atoms with Crippen molar-refractivity contribution >= 4 is 58.1 Å². The van der Waals surface area contributed by atoms with E-state index in [4.69, 9.17) is 28.2 Å². The quantitative estimate of drug-likeness (QED) is 0.321. The van der Waals surface area contributed by atoms with Gasteiger partial charge in [0.2, 0.25) is 0 Å². The van der Waals surface area contributed by atoms with E-state index in [9.17, 15) is 9.90 Å². The number of carbonyl (C=O) groups is 1. The standard InChI is InChI=1S/C26H30Cl2N4O2.ClH/c1-4-23(33)18-13-29-22-10-9-21(16-11-19(27)26(34)20(28)12-16)31-25(22)24(18)30-17-7-5-15(6-8-17)14-32(2)3;/h9-13,15,17,34H,4-8,14H2,1-3H3,(H,29,30);1H. The monoisotopic (exact) mass is 536 g/mol. The van der Waals surface area contributed by atoms with Crippen LogP contribution in [0.4, 0.5) is 5.69 Å². The topological polar surface area (TPSA) is 78.3 Å². The highest BCUT2D eigenvalue weighted by molar-refractivity contribution is 6.37. The van der Waals surface area contributed by atoms with E-state index in [-0.39, 0.29) is 40.0 Å². The van der Waals surface area contributed by atoms with Gasteiger partial charge in [-0.15, -0.1) is 12.4 Å².